The van der Waals surface area contributed by atoms with Gasteiger partial charge >= 0.3 is 6.18 Å². The van der Waals surface area contributed by atoms with E-state index in [4.69, 9.17) is 4.74 Å². The van der Waals surface area contributed by atoms with Gasteiger partial charge in [0, 0.05) is 38.8 Å². The van der Waals surface area contributed by atoms with Crippen molar-refractivity contribution in [3.63, 3.8) is 0 Å². The van der Waals surface area contributed by atoms with Crippen molar-refractivity contribution < 1.29 is 22.8 Å². The number of nitro benzene ring substituents is 1. The van der Waals surface area contributed by atoms with E-state index in [9.17, 15) is 28.1 Å². The molecule has 2 aliphatic heterocycles. The number of non-ortho nitro benzene ring substituents is 1. The average Bonchev–Trinajstić information content (AvgIpc) is 3.37. The maximum Gasteiger partial charge on any atom is 0.416 e. The first-order valence-electron chi connectivity index (χ1n) is 10.9. The summed E-state index contributed by atoms with van der Waals surface area (Å²) in [7, 11) is 1.63. The lowest BCUT2D eigenvalue weighted by molar-refractivity contribution is -0.383. The van der Waals surface area contributed by atoms with Crippen LogP contribution >= 0.6 is 11.3 Å². The molecule has 5 rings (SSSR count). The molecule has 2 atom stereocenters. The number of aromatic nitrogens is 1. The number of nitrogens with zero attached hydrogens (tertiary/aromatic N) is 4. The van der Waals surface area contributed by atoms with E-state index in [1.54, 1.807) is 7.11 Å². The van der Waals surface area contributed by atoms with Gasteiger partial charge in [-0.3, -0.25) is 19.8 Å². The van der Waals surface area contributed by atoms with E-state index in [1.165, 1.54) is 5.56 Å². The van der Waals surface area contributed by atoms with Gasteiger partial charge < -0.3 is 9.64 Å². The van der Waals surface area contributed by atoms with Crippen molar-refractivity contribution in [1.82, 2.24) is 9.88 Å². The Kier molecular flexibility index (Phi) is 5.88. The third-order valence-corrected chi connectivity index (χ3v) is 7.78. The first-order valence-corrected chi connectivity index (χ1v) is 11.7. The molecule has 8 nitrogen and oxygen atoms in total. The highest BCUT2D eigenvalue weighted by Gasteiger charge is 2.41. The zero-order valence-corrected chi connectivity index (χ0v) is 19.4. The Bertz CT molecular complexity index is 1330. The van der Waals surface area contributed by atoms with Gasteiger partial charge in [-0.1, -0.05) is 23.5 Å². The van der Waals surface area contributed by atoms with Crippen LogP contribution in [-0.4, -0.2) is 48.1 Å². The Balaban J connectivity index is 1.35. The van der Waals surface area contributed by atoms with Crippen LogP contribution in [0.4, 0.5) is 24.0 Å². The molecule has 0 radical (unpaired) electrons. The number of benzene rings is 2. The van der Waals surface area contributed by atoms with E-state index in [-0.39, 0.29) is 10.1 Å². The van der Waals surface area contributed by atoms with Crippen LogP contribution in [-0.2, 0) is 12.7 Å². The number of likely N-dealkylation sites (tertiary alicyclic amines) is 1. The minimum atomic E-state index is -4.81. The summed E-state index contributed by atoms with van der Waals surface area (Å²) >= 11 is 0.898. The molecule has 2 aliphatic rings. The third-order valence-electron chi connectivity index (χ3n) is 6.61. The standard InChI is InChI=1S/C23H21F3N4O4S/c1-34-17-4-2-13(3-5-17)8-28-9-14-11-29(12-15(14)10-28)22-27-21(31)18-6-16(23(24,25)26)7-19(30(32)33)20(18)35-22/h2-7,14-15H,8-12H2,1H3. The summed E-state index contributed by atoms with van der Waals surface area (Å²) in [6.45, 7) is 3.81. The third kappa shape index (κ3) is 4.55. The van der Waals surface area contributed by atoms with Gasteiger partial charge in [-0.05, 0) is 35.6 Å². The van der Waals surface area contributed by atoms with E-state index in [2.05, 4.69) is 9.88 Å². The van der Waals surface area contributed by atoms with Gasteiger partial charge in [0.1, 0.15) is 10.4 Å². The summed E-state index contributed by atoms with van der Waals surface area (Å²) in [5.41, 5.74) is -1.67. The molecule has 12 heteroatoms. The monoisotopic (exact) mass is 506 g/mol. The minimum Gasteiger partial charge on any atom is -0.497 e. The number of halogens is 3. The maximum absolute atomic E-state index is 13.2. The number of anilines is 1. The van der Waals surface area contributed by atoms with Gasteiger partial charge in [0.15, 0.2) is 5.13 Å². The van der Waals surface area contributed by atoms with Gasteiger partial charge in [-0.25, -0.2) is 0 Å². The zero-order chi connectivity index (χ0) is 24.9. The number of nitro groups is 1. The normalized spacial score (nSPS) is 20.4. The average molecular weight is 507 g/mol. The molecule has 0 saturated carbocycles. The Labute approximate surface area is 201 Å². The van der Waals surface area contributed by atoms with Crippen LogP contribution in [0.1, 0.15) is 11.1 Å². The van der Waals surface area contributed by atoms with Crippen molar-refractivity contribution in [1.29, 1.82) is 0 Å². The summed E-state index contributed by atoms with van der Waals surface area (Å²) in [5, 5.41) is 11.4. The van der Waals surface area contributed by atoms with Crippen LogP contribution in [0.3, 0.4) is 0 Å². The van der Waals surface area contributed by atoms with Crippen LogP contribution in [0.25, 0.3) is 10.1 Å². The Morgan fingerprint density at radius 1 is 1.14 bits per heavy atom. The van der Waals surface area contributed by atoms with E-state index in [0.717, 1.165) is 36.7 Å². The molecule has 2 fully saturated rings. The van der Waals surface area contributed by atoms with E-state index in [0.29, 0.717) is 42.2 Å². The van der Waals surface area contributed by atoms with Crippen molar-refractivity contribution in [3.8, 4) is 5.75 Å². The predicted molar refractivity (Wildman–Crippen MR) is 125 cm³/mol. The van der Waals surface area contributed by atoms with Crippen molar-refractivity contribution >= 4 is 32.2 Å². The van der Waals surface area contributed by atoms with Crippen LogP contribution in [0, 0.1) is 22.0 Å². The number of fused-ring (bicyclic) bond motifs is 2. The lowest BCUT2D eigenvalue weighted by atomic mass is 10.0. The Hall–Kier alpha value is -3.25. The van der Waals surface area contributed by atoms with E-state index in [1.807, 2.05) is 29.2 Å². The van der Waals surface area contributed by atoms with Crippen LogP contribution in [0.15, 0.2) is 41.2 Å². The predicted octanol–water partition coefficient (Wildman–Crippen LogP) is 4.16. The highest BCUT2D eigenvalue weighted by atomic mass is 32.1. The van der Waals surface area contributed by atoms with Crippen LogP contribution in [0.5, 0.6) is 5.75 Å². The molecule has 3 heterocycles. The lowest BCUT2D eigenvalue weighted by Gasteiger charge is -2.22. The molecular formula is C23H21F3N4O4S. The summed E-state index contributed by atoms with van der Waals surface area (Å²) in [5.74, 6) is 1.49. The highest BCUT2D eigenvalue weighted by molar-refractivity contribution is 7.22. The molecule has 184 valence electrons. The molecule has 2 aromatic carbocycles. The Morgan fingerprint density at radius 2 is 1.80 bits per heavy atom. The number of ether oxygens (including phenoxy) is 1. The largest absolute Gasteiger partial charge is 0.497 e. The fraction of sp³-hybridized carbons (Fsp3) is 0.391. The van der Waals surface area contributed by atoms with Gasteiger partial charge in [0.25, 0.3) is 11.2 Å². The lowest BCUT2D eigenvalue weighted by Crippen LogP contribution is -2.29. The summed E-state index contributed by atoms with van der Waals surface area (Å²) in [4.78, 5) is 31.6. The molecule has 0 N–H and O–H groups in total. The number of methoxy groups -OCH3 is 1. The molecule has 35 heavy (non-hydrogen) atoms. The second-order valence-electron chi connectivity index (χ2n) is 8.90. The smallest absolute Gasteiger partial charge is 0.416 e. The maximum atomic E-state index is 13.2. The van der Waals surface area contributed by atoms with Crippen molar-refractivity contribution in [3.05, 3.63) is 68.0 Å². The molecule has 0 bridgehead atoms. The topological polar surface area (TPSA) is 88.8 Å². The molecule has 2 saturated heterocycles. The first kappa shape index (κ1) is 23.5. The van der Waals surface area contributed by atoms with Gasteiger partial charge in [-0.2, -0.15) is 18.2 Å². The number of rotatable bonds is 5. The number of hydrogen-bond acceptors (Lipinski definition) is 8. The SMILES string of the molecule is COc1ccc(CN2CC3CN(c4nc(=O)c5cc(C(F)(F)F)cc([N+](=O)[O-])c5s4)CC3C2)cc1. The summed E-state index contributed by atoms with van der Waals surface area (Å²) in [6.07, 6.45) is -4.81. The highest BCUT2D eigenvalue weighted by Crippen LogP contribution is 2.40. The van der Waals surface area contributed by atoms with Crippen LogP contribution in [0.2, 0.25) is 0 Å². The second kappa shape index (κ2) is 8.76. The first-order chi connectivity index (χ1) is 16.6. The Morgan fingerprint density at radius 3 is 2.37 bits per heavy atom. The molecule has 1 aromatic heterocycles. The van der Waals surface area contributed by atoms with E-state index >= 15 is 0 Å². The second-order valence-corrected chi connectivity index (χ2v) is 9.87. The summed E-state index contributed by atoms with van der Waals surface area (Å²) in [6, 6.07) is 9.06. The fourth-order valence-electron chi connectivity index (χ4n) is 4.94. The van der Waals surface area contributed by atoms with Gasteiger partial charge in [0.05, 0.1) is 23.0 Å². The molecule has 0 aliphatic carbocycles. The molecule has 3 aromatic rings. The molecule has 0 spiro atoms. The number of alkyl halides is 3. The van der Waals surface area contributed by atoms with Crippen molar-refractivity contribution in [2.45, 2.75) is 12.7 Å². The summed E-state index contributed by atoms with van der Waals surface area (Å²) < 4.78 is 44.7. The minimum absolute atomic E-state index is 0.0869. The quantitative estimate of drug-likeness (QED) is 0.379. The molecule has 2 unspecified atom stereocenters. The van der Waals surface area contributed by atoms with E-state index < -0.39 is 27.9 Å². The zero-order valence-electron chi connectivity index (χ0n) is 18.6. The fourth-order valence-corrected chi connectivity index (χ4v) is 6.02. The van der Waals surface area contributed by atoms with Crippen molar-refractivity contribution in [2.24, 2.45) is 11.8 Å². The number of hydrogen-bond donors (Lipinski definition) is 0. The molecule has 0 amide bonds. The van der Waals surface area contributed by atoms with Gasteiger partial charge in [-0.15, -0.1) is 0 Å². The van der Waals surface area contributed by atoms with Gasteiger partial charge in [0.2, 0.25) is 0 Å². The molecular weight excluding hydrogens is 485 g/mol. The van der Waals surface area contributed by atoms with Crippen LogP contribution < -0.4 is 15.2 Å². The van der Waals surface area contributed by atoms with Crippen molar-refractivity contribution in [2.75, 3.05) is 38.2 Å².